The van der Waals surface area contributed by atoms with Gasteiger partial charge in [0, 0.05) is 6.42 Å². The van der Waals surface area contributed by atoms with Crippen molar-refractivity contribution in [2.75, 3.05) is 17.8 Å². The summed E-state index contributed by atoms with van der Waals surface area (Å²) < 4.78 is 37.0. The van der Waals surface area contributed by atoms with Gasteiger partial charge >= 0.3 is 0 Å². The molecule has 7 nitrogen and oxygen atoms in total. The lowest BCUT2D eigenvalue weighted by molar-refractivity contribution is -0.118. The minimum atomic E-state index is -3.51. The normalized spacial score (nSPS) is 11.6. The first-order chi connectivity index (χ1) is 16.4. The van der Waals surface area contributed by atoms with Crippen LogP contribution in [0.2, 0.25) is 0 Å². The van der Waals surface area contributed by atoms with Crippen molar-refractivity contribution in [2.45, 2.75) is 37.6 Å². The average molecular weight is 499 g/mol. The summed E-state index contributed by atoms with van der Waals surface area (Å²) in [7, 11) is -1.98. The fraction of sp³-hybridized carbons (Fsp3) is 0.280. The molecule has 0 N–H and O–H groups in total. The molecule has 0 spiro atoms. The summed E-state index contributed by atoms with van der Waals surface area (Å²) in [5.74, 6) is 0.900. The maximum Gasteiger partial charge on any atom is 0.229 e. The third-order valence-corrected chi connectivity index (χ3v) is 8.38. The molecular formula is C25H26N2O5S2. The highest BCUT2D eigenvalue weighted by Gasteiger charge is 2.23. The molecule has 0 unspecified atom stereocenters. The molecule has 0 fully saturated rings. The molecule has 0 aliphatic carbocycles. The van der Waals surface area contributed by atoms with Crippen LogP contribution >= 0.6 is 11.3 Å². The summed E-state index contributed by atoms with van der Waals surface area (Å²) in [6.07, 6.45) is 2.68. The van der Waals surface area contributed by atoms with Gasteiger partial charge in [-0.2, -0.15) is 0 Å². The predicted octanol–water partition coefficient (Wildman–Crippen LogP) is 5.25. The molecule has 2 aromatic heterocycles. The van der Waals surface area contributed by atoms with Gasteiger partial charge in [-0.1, -0.05) is 30.4 Å². The largest absolute Gasteiger partial charge is 0.497 e. The Labute approximate surface area is 202 Å². The lowest BCUT2D eigenvalue weighted by Gasteiger charge is -2.18. The van der Waals surface area contributed by atoms with E-state index in [9.17, 15) is 13.2 Å². The van der Waals surface area contributed by atoms with Crippen LogP contribution in [0.3, 0.4) is 0 Å². The highest BCUT2D eigenvalue weighted by Crippen LogP contribution is 2.32. The number of ether oxygens (including phenoxy) is 1. The van der Waals surface area contributed by atoms with Gasteiger partial charge in [-0.05, 0) is 60.9 Å². The van der Waals surface area contributed by atoms with E-state index < -0.39 is 9.84 Å². The van der Waals surface area contributed by atoms with Crippen LogP contribution in [0.4, 0.5) is 5.13 Å². The number of benzene rings is 2. The van der Waals surface area contributed by atoms with E-state index in [2.05, 4.69) is 6.92 Å². The van der Waals surface area contributed by atoms with Crippen molar-refractivity contribution in [2.24, 2.45) is 0 Å². The van der Waals surface area contributed by atoms with E-state index in [-0.39, 0.29) is 35.9 Å². The molecule has 1 amide bonds. The summed E-state index contributed by atoms with van der Waals surface area (Å²) in [4.78, 5) is 19.8. The van der Waals surface area contributed by atoms with E-state index in [1.54, 1.807) is 35.4 Å². The SMILES string of the molecule is CCc1cccc2sc(N(Cc3ccco3)C(=O)CCCS(=O)(=O)c3ccc(OC)cc3)nc12. The molecule has 0 saturated heterocycles. The highest BCUT2D eigenvalue weighted by molar-refractivity contribution is 7.91. The minimum absolute atomic E-state index is 0.0760. The number of anilines is 1. The first-order valence-corrected chi connectivity index (χ1v) is 13.5. The van der Waals surface area contributed by atoms with E-state index in [0.29, 0.717) is 16.6 Å². The van der Waals surface area contributed by atoms with Gasteiger partial charge < -0.3 is 9.15 Å². The molecule has 2 aromatic carbocycles. The van der Waals surface area contributed by atoms with Crippen LogP contribution in [0.15, 0.2) is 70.2 Å². The lowest BCUT2D eigenvalue weighted by atomic mass is 10.1. The number of methoxy groups -OCH3 is 1. The third-order valence-electron chi connectivity index (χ3n) is 5.52. The molecule has 178 valence electrons. The Kier molecular flexibility index (Phi) is 7.33. The van der Waals surface area contributed by atoms with Gasteiger partial charge in [0.05, 0.1) is 40.8 Å². The second-order valence-electron chi connectivity index (χ2n) is 7.77. The summed E-state index contributed by atoms with van der Waals surface area (Å²) in [5, 5.41) is 0.579. The summed E-state index contributed by atoms with van der Waals surface area (Å²) >= 11 is 1.45. The Bertz CT molecular complexity index is 1360. The first kappa shape index (κ1) is 24.0. The van der Waals surface area contributed by atoms with E-state index in [4.69, 9.17) is 14.1 Å². The third kappa shape index (κ3) is 5.31. The Morgan fingerprint density at radius 2 is 1.91 bits per heavy atom. The maximum atomic E-state index is 13.2. The van der Waals surface area contributed by atoms with Crippen LogP contribution in [0.25, 0.3) is 10.2 Å². The Balaban J connectivity index is 1.51. The second-order valence-corrected chi connectivity index (χ2v) is 10.9. The topological polar surface area (TPSA) is 89.7 Å². The maximum absolute atomic E-state index is 13.2. The smallest absolute Gasteiger partial charge is 0.229 e. The molecule has 0 bridgehead atoms. The number of aromatic nitrogens is 1. The van der Waals surface area contributed by atoms with E-state index >= 15 is 0 Å². The van der Waals surface area contributed by atoms with Crippen molar-refractivity contribution in [3.8, 4) is 5.75 Å². The zero-order chi connectivity index (χ0) is 24.1. The van der Waals surface area contributed by atoms with Gasteiger partial charge in [0.15, 0.2) is 15.0 Å². The number of furan rings is 1. The molecule has 0 radical (unpaired) electrons. The van der Waals surface area contributed by atoms with Crippen LogP contribution < -0.4 is 9.64 Å². The molecule has 4 rings (SSSR count). The van der Waals surface area contributed by atoms with Crippen molar-refractivity contribution in [1.29, 1.82) is 0 Å². The number of rotatable bonds is 10. The number of nitrogens with zero attached hydrogens (tertiary/aromatic N) is 2. The summed E-state index contributed by atoms with van der Waals surface area (Å²) in [6.45, 7) is 2.31. The molecule has 9 heteroatoms. The van der Waals surface area contributed by atoms with E-state index in [0.717, 1.165) is 22.2 Å². The number of fused-ring (bicyclic) bond motifs is 1. The molecule has 4 aromatic rings. The van der Waals surface area contributed by atoms with E-state index in [1.165, 1.54) is 30.6 Å². The zero-order valence-corrected chi connectivity index (χ0v) is 20.7. The van der Waals surface area contributed by atoms with Gasteiger partial charge in [-0.15, -0.1) is 0 Å². The van der Waals surface area contributed by atoms with Crippen molar-refractivity contribution < 1.29 is 22.4 Å². The fourth-order valence-electron chi connectivity index (χ4n) is 3.66. The number of carbonyl (C=O) groups excluding carboxylic acids is 1. The number of hydrogen-bond donors (Lipinski definition) is 0. The fourth-order valence-corrected chi connectivity index (χ4v) is 6.01. The van der Waals surface area contributed by atoms with Crippen LogP contribution in [-0.2, 0) is 27.6 Å². The van der Waals surface area contributed by atoms with Crippen LogP contribution in [0, 0.1) is 0 Å². The van der Waals surface area contributed by atoms with Crippen LogP contribution in [0.1, 0.15) is 31.1 Å². The molecular weight excluding hydrogens is 472 g/mol. The number of thiazole rings is 1. The second kappa shape index (κ2) is 10.4. The van der Waals surface area contributed by atoms with Crippen molar-refractivity contribution >= 4 is 42.4 Å². The number of carbonyl (C=O) groups is 1. The van der Waals surface area contributed by atoms with E-state index in [1.807, 2.05) is 18.2 Å². The standard InChI is InChI=1S/C25H26N2O5S2/c1-3-18-7-4-9-22-24(18)26-25(33-22)27(17-20-8-5-15-32-20)23(28)10-6-16-34(29,30)21-13-11-19(31-2)12-14-21/h4-5,7-9,11-15H,3,6,10,16-17H2,1-2H3. The number of aryl methyl sites for hydroxylation is 1. The molecule has 2 heterocycles. The van der Waals surface area contributed by atoms with Gasteiger partial charge in [0.1, 0.15) is 11.5 Å². The Morgan fingerprint density at radius 1 is 1.12 bits per heavy atom. The predicted molar refractivity (Wildman–Crippen MR) is 133 cm³/mol. The number of hydrogen-bond acceptors (Lipinski definition) is 7. The van der Waals surface area contributed by atoms with Crippen molar-refractivity contribution in [3.05, 3.63) is 72.2 Å². The number of para-hydroxylation sites is 1. The van der Waals surface area contributed by atoms with Crippen molar-refractivity contribution in [3.63, 3.8) is 0 Å². The molecule has 0 aliphatic heterocycles. The molecule has 34 heavy (non-hydrogen) atoms. The lowest BCUT2D eigenvalue weighted by Crippen LogP contribution is -2.30. The molecule has 0 atom stereocenters. The number of sulfone groups is 1. The zero-order valence-electron chi connectivity index (χ0n) is 19.1. The van der Waals surface area contributed by atoms with Crippen LogP contribution in [-0.4, -0.2) is 32.2 Å². The Hall–Kier alpha value is -3.17. The first-order valence-electron chi connectivity index (χ1n) is 11.0. The highest BCUT2D eigenvalue weighted by atomic mass is 32.2. The molecule has 0 aliphatic rings. The van der Waals surface area contributed by atoms with Gasteiger partial charge in [-0.25, -0.2) is 13.4 Å². The minimum Gasteiger partial charge on any atom is -0.497 e. The Morgan fingerprint density at radius 3 is 2.59 bits per heavy atom. The van der Waals surface area contributed by atoms with Gasteiger partial charge in [0.2, 0.25) is 5.91 Å². The number of amides is 1. The quantitative estimate of drug-likeness (QED) is 0.297. The monoisotopic (exact) mass is 498 g/mol. The summed E-state index contributed by atoms with van der Waals surface area (Å²) in [5.41, 5.74) is 2.01. The summed E-state index contributed by atoms with van der Waals surface area (Å²) in [6, 6.07) is 15.9. The van der Waals surface area contributed by atoms with Gasteiger partial charge in [0.25, 0.3) is 0 Å². The molecule has 0 saturated carbocycles. The van der Waals surface area contributed by atoms with Crippen molar-refractivity contribution in [1.82, 2.24) is 4.98 Å². The van der Waals surface area contributed by atoms with Gasteiger partial charge in [-0.3, -0.25) is 9.69 Å². The average Bonchev–Trinajstić information content (AvgIpc) is 3.51. The van der Waals surface area contributed by atoms with Crippen LogP contribution in [0.5, 0.6) is 5.75 Å².